The summed E-state index contributed by atoms with van der Waals surface area (Å²) in [4.78, 5) is 15.0. The summed E-state index contributed by atoms with van der Waals surface area (Å²) in [6.07, 6.45) is 0. The van der Waals surface area contributed by atoms with Gasteiger partial charge in [-0.25, -0.2) is 4.98 Å². The van der Waals surface area contributed by atoms with Crippen LogP contribution in [0.2, 0.25) is 0 Å². The summed E-state index contributed by atoms with van der Waals surface area (Å²) in [7, 11) is 0. The van der Waals surface area contributed by atoms with Gasteiger partial charge in [-0.1, -0.05) is 11.3 Å². The maximum absolute atomic E-state index is 10.8. The van der Waals surface area contributed by atoms with Crippen molar-refractivity contribution in [3.8, 4) is 5.75 Å². The normalized spacial score (nSPS) is 10.5. The van der Waals surface area contributed by atoms with Crippen molar-refractivity contribution in [1.82, 2.24) is 4.98 Å². The van der Waals surface area contributed by atoms with Crippen molar-refractivity contribution < 1.29 is 9.90 Å². The number of carbonyl (C=O) groups excluding carboxylic acids is 1. The van der Waals surface area contributed by atoms with Gasteiger partial charge in [0, 0.05) is 6.92 Å². The molecule has 0 saturated heterocycles. The number of rotatable bonds is 1. The molecule has 15 heavy (non-hydrogen) atoms. The minimum atomic E-state index is -0.174. The molecule has 78 valence electrons. The zero-order chi connectivity index (χ0) is 11.0. The first-order valence-corrected chi connectivity index (χ1v) is 5.74. The molecule has 0 spiro atoms. The summed E-state index contributed by atoms with van der Waals surface area (Å²) >= 11 is 4.46. The molecule has 0 aliphatic rings. The molecule has 1 amide bonds. The number of halogens is 1. The van der Waals surface area contributed by atoms with Crippen LogP contribution in [-0.2, 0) is 4.79 Å². The lowest BCUT2D eigenvalue weighted by molar-refractivity contribution is -0.114. The third-order valence-corrected chi connectivity index (χ3v) is 3.40. The minimum absolute atomic E-state index is 0.154. The Morgan fingerprint density at radius 2 is 2.33 bits per heavy atom. The van der Waals surface area contributed by atoms with E-state index in [1.165, 1.54) is 18.3 Å². The maximum Gasteiger partial charge on any atom is 0.223 e. The molecule has 6 heteroatoms. The van der Waals surface area contributed by atoms with E-state index in [0.29, 0.717) is 19.8 Å². The van der Waals surface area contributed by atoms with Crippen LogP contribution >= 0.6 is 27.3 Å². The molecule has 0 unspecified atom stereocenters. The first kappa shape index (κ1) is 10.4. The average Bonchev–Trinajstić information content (AvgIpc) is 2.54. The summed E-state index contributed by atoms with van der Waals surface area (Å²) in [6, 6.07) is 3.50. The van der Waals surface area contributed by atoms with Crippen molar-refractivity contribution in [1.29, 1.82) is 0 Å². The number of phenolic OH excluding ortho intramolecular Hbond substituents is 1. The van der Waals surface area contributed by atoms with Gasteiger partial charge in [0.2, 0.25) is 5.91 Å². The SMILES string of the molecule is CC(=O)Nc1nc2ccc(Br)c(O)c2s1. The summed E-state index contributed by atoms with van der Waals surface area (Å²) < 4.78 is 1.28. The van der Waals surface area contributed by atoms with E-state index in [4.69, 9.17) is 0 Å². The first-order valence-electron chi connectivity index (χ1n) is 4.13. The lowest BCUT2D eigenvalue weighted by atomic mass is 10.3. The number of fused-ring (bicyclic) bond motifs is 1. The van der Waals surface area contributed by atoms with Crippen LogP contribution in [-0.4, -0.2) is 16.0 Å². The number of aromatic hydroxyl groups is 1. The number of hydrogen-bond acceptors (Lipinski definition) is 4. The van der Waals surface area contributed by atoms with Gasteiger partial charge in [0.05, 0.1) is 14.7 Å². The van der Waals surface area contributed by atoms with Crippen molar-refractivity contribution in [2.45, 2.75) is 6.92 Å². The highest BCUT2D eigenvalue weighted by Crippen LogP contribution is 2.37. The Bertz CT molecular complexity index is 538. The second kappa shape index (κ2) is 3.79. The summed E-state index contributed by atoms with van der Waals surface area (Å²) in [5, 5.41) is 12.8. The second-order valence-corrected chi connectivity index (χ2v) is 4.80. The smallest absolute Gasteiger partial charge is 0.223 e. The van der Waals surface area contributed by atoms with Gasteiger partial charge in [-0.3, -0.25) is 4.79 Å². The Balaban J connectivity index is 2.56. The quantitative estimate of drug-likeness (QED) is 0.847. The van der Waals surface area contributed by atoms with Crippen LogP contribution in [0.5, 0.6) is 5.75 Å². The number of nitrogens with zero attached hydrogens (tertiary/aromatic N) is 1. The molecular formula is C9H7BrN2O2S. The van der Waals surface area contributed by atoms with E-state index in [1.54, 1.807) is 12.1 Å². The molecule has 2 N–H and O–H groups in total. The molecule has 0 radical (unpaired) electrons. The van der Waals surface area contributed by atoms with Gasteiger partial charge in [-0.05, 0) is 28.1 Å². The standard InChI is InChI=1S/C9H7BrN2O2S/c1-4(13)11-9-12-6-3-2-5(10)7(14)8(6)15-9/h2-3,14H,1H3,(H,11,12,13). The van der Waals surface area contributed by atoms with Crippen LogP contribution < -0.4 is 5.32 Å². The Hall–Kier alpha value is -1.14. The largest absolute Gasteiger partial charge is 0.505 e. The lowest BCUT2D eigenvalue weighted by Crippen LogP contribution is -2.04. The van der Waals surface area contributed by atoms with E-state index in [1.807, 2.05) is 0 Å². The molecule has 0 saturated carbocycles. The molecule has 0 aliphatic heterocycles. The number of carbonyl (C=O) groups is 1. The van der Waals surface area contributed by atoms with Gasteiger partial charge in [0.15, 0.2) is 5.13 Å². The molecular weight excluding hydrogens is 280 g/mol. The van der Waals surface area contributed by atoms with E-state index in [2.05, 4.69) is 26.2 Å². The number of aromatic nitrogens is 1. The van der Waals surface area contributed by atoms with Gasteiger partial charge in [-0.15, -0.1) is 0 Å². The Labute approximate surface area is 98.1 Å². The van der Waals surface area contributed by atoms with Crippen LogP contribution in [0.3, 0.4) is 0 Å². The van der Waals surface area contributed by atoms with Gasteiger partial charge >= 0.3 is 0 Å². The Morgan fingerprint density at radius 1 is 1.60 bits per heavy atom. The number of thiazole rings is 1. The van der Waals surface area contributed by atoms with E-state index >= 15 is 0 Å². The molecule has 1 aromatic heterocycles. The third kappa shape index (κ3) is 1.95. The third-order valence-electron chi connectivity index (χ3n) is 1.77. The number of phenols is 1. The van der Waals surface area contributed by atoms with Crippen LogP contribution in [0.1, 0.15) is 6.92 Å². The van der Waals surface area contributed by atoms with E-state index < -0.39 is 0 Å². The van der Waals surface area contributed by atoms with Crippen LogP contribution in [0.15, 0.2) is 16.6 Å². The van der Waals surface area contributed by atoms with Crippen LogP contribution in [0.25, 0.3) is 10.2 Å². The fourth-order valence-corrected chi connectivity index (χ4v) is 2.58. The molecule has 4 nitrogen and oxygen atoms in total. The number of nitrogens with one attached hydrogen (secondary N) is 1. The van der Waals surface area contributed by atoms with Gasteiger partial charge in [0.1, 0.15) is 5.75 Å². The Kier molecular flexibility index (Phi) is 2.62. The maximum atomic E-state index is 10.8. The topological polar surface area (TPSA) is 62.2 Å². The number of amides is 1. The number of hydrogen-bond donors (Lipinski definition) is 2. The zero-order valence-corrected chi connectivity index (χ0v) is 10.1. The monoisotopic (exact) mass is 286 g/mol. The van der Waals surface area contributed by atoms with Gasteiger partial charge < -0.3 is 10.4 Å². The summed E-state index contributed by atoms with van der Waals surface area (Å²) in [5.41, 5.74) is 0.671. The predicted octanol–water partition coefficient (Wildman–Crippen LogP) is 2.72. The summed E-state index contributed by atoms with van der Waals surface area (Å²) in [6.45, 7) is 1.42. The zero-order valence-electron chi connectivity index (χ0n) is 7.74. The molecule has 2 aromatic rings. The summed E-state index contributed by atoms with van der Waals surface area (Å²) in [5.74, 6) is -0.0192. The van der Waals surface area contributed by atoms with E-state index in [-0.39, 0.29) is 11.7 Å². The first-order chi connectivity index (χ1) is 7.08. The molecule has 2 rings (SSSR count). The molecule has 0 bridgehead atoms. The molecule has 1 aromatic carbocycles. The fourth-order valence-electron chi connectivity index (χ4n) is 1.16. The highest BCUT2D eigenvalue weighted by atomic mass is 79.9. The average molecular weight is 287 g/mol. The van der Waals surface area contributed by atoms with Crippen molar-refractivity contribution in [2.24, 2.45) is 0 Å². The molecule has 0 fully saturated rings. The highest BCUT2D eigenvalue weighted by Gasteiger charge is 2.10. The van der Waals surface area contributed by atoms with Gasteiger partial charge in [0.25, 0.3) is 0 Å². The molecule has 1 heterocycles. The molecule has 0 atom stereocenters. The lowest BCUT2D eigenvalue weighted by Gasteiger charge is -1.94. The van der Waals surface area contributed by atoms with Gasteiger partial charge in [-0.2, -0.15) is 0 Å². The highest BCUT2D eigenvalue weighted by molar-refractivity contribution is 9.10. The number of benzene rings is 1. The predicted molar refractivity (Wildman–Crippen MR) is 63.3 cm³/mol. The fraction of sp³-hybridized carbons (Fsp3) is 0.111. The van der Waals surface area contributed by atoms with Crippen molar-refractivity contribution in [3.63, 3.8) is 0 Å². The number of anilines is 1. The van der Waals surface area contributed by atoms with E-state index in [0.717, 1.165) is 0 Å². The van der Waals surface area contributed by atoms with Crippen LogP contribution in [0.4, 0.5) is 5.13 Å². The second-order valence-electron chi connectivity index (χ2n) is 2.94. The van der Waals surface area contributed by atoms with Crippen molar-refractivity contribution in [2.75, 3.05) is 5.32 Å². The Morgan fingerprint density at radius 3 is 3.00 bits per heavy atom. The molecule has 0 aliphatic carbocycles. The van der Waals surface area contributed by atoms with Crippen LogP contribution in [0, 0.1) is 0 Å². The van der Waals surface area contributed by atoms with Crippen molar-refractivity contribution in [3.05, 3.63) is 16.6 Å². The van der Waals surface area contributed by atoms with E-state index in [9.17, 15) is 9.90 Å². The van der Waals surface area contributed by atoms with Crippen molar-refractivity contribution >= 4 is 48.5 Å². The minimum Gasteiger partial charge on any atom is -0.505 e.